The first-order chi connectivity index (χ1) is 13.3. The Bertz CT molecular complexity index is 897. The van der Waals surface area contributed by atoms with E-state index >= 15 is 0 Å². The van der Waals surface area contributed by atoms with Crippen LogP contribution in [0, 0.1) is 5.92 Å². The van der Waals surface area contributed by atoms with Crippen molar-refractivity contribution in [1.82, 2.24) is 10.2 Å². The number of amidine groups is 1. The van der Waals surface area contributed by atoms with Gasteiger partial charge in [-0.05, 0) is 38.3 Å². The number of amides is 1. The highest BCUT2D eigenvalue weighted by Crippen LogP contribution is 2.29. The van der Waals surface area contributed by atoms with E-state index < -0.39 is 21.9 Å². The van der Waals surface area contributed by atoms with Gasteiger partial charge in [-0.25, -0.2) is 0 Å². The van der Waals surface area contributed by atoms with Crippen molar-refractivity contribution >= 4 is 27.7 Å². The zero-order chi connectivity index (χ0) is 20.3. The van der Waals surface area contributed by atoms with E-state index in [1.165, 1.54) is 6.07 Å². The van der Waals surface area contributed by atoms with Gasteiger partial charge in [-0.15, -0.1) is 4.40 Å². The summed E-state index contributed by atoms with van der Waals surface area (Å²) in [4.78, 5) is 26.2. The Morgan fingerprint density at radius 1 is 1.36 bits per heavy atom. The smallest absolute Gasteiger partial charge is 0.311 e. The Kier molecular flexibility index (Phi) is 6.02. The number of esters is 1. The van der Waals surface area contributed by atoms with Crippen LogP contribution in [0.3, 0.4) is 0 Å². The molecule has 1 amide bonds. The maximum Gasteiger partial charge on any atom is 0.311 e. The van der Waals surface area contributed by atoms with Gasteiger partial charge in [-0.2, -0.15) is 8.42 Å². The van der Waals surface area contributed by atoms with Gasteiger partial charge >= 0.3 is 5.97 Å². The Morgan fingerprint density at radius 3 is 2.86 bits per heavy atom. The molecule has 1 fully saturated rings. The summed E-state index contributed by atoms with van der Waals surface area (Å²) in [7, 11) is -3.70. The van der Waals surface area contributed by atoms with Crippen LogP contribution in [-0.4, -0.2) is 56.8 Å². The van der Waals surface area contributed by atoms with Gasteiger partial charge in [0, 0.05) is 24.7 Å². The third-order valence-corrected chi connectivity index (χ3v) is 6.36. The van der Waals surface area contributed by atoms with Crippen molar-refractivity contribution in [2.75, 3.05) is 19.7 Å². The van der Waals surface area contributed by atoms with E-state index in [-0.39, 0.29) is 23.5 Å². The van der Waals surface area contributed by atoms with Crippen LogP contribution in [0.15, 0.2) is 33.6 Å². The van der Waals surface area contributed by atoms with Crippen LogP contribution in [-0.2, 0) is 24.3 Å². The lowest BCUT2D eigenvalue weighted by molar-refractivity contribution is -0.153. The van der Waals surface area contributed by atoms with Crippen molar-refractivity contribution in [3.63, 3.8) is 0 Å². The summed E-state index contributed by atoms with van der Waals surface area (Å²) in [5.74, 6) is -0.819. The van der Waals surface area contributed by atoms with E-state index in [4.69, 9.17) is 4.74 Å². The fourth-order valence-electron chi connectivity index (χ4n) is 3.35. The van der Waals surface area contributed by atoms with Gasteiger partial charge in [0.15, 0.2) is 12.4 Å². The van der Waals surface area contributed by atoms with Gasteiger partial charge in [0.05, 0.1) is 5.92 Å². The van der Waals surface area contributed by atoms with Gasteiger partial charge in [0.1, 0.15) is 4.90 Å². The van der Waals surface area contributed by atoms with Crippen LogP contribution in [0.1, 0.15) is 38.7 Å². The van der Waals surface area contributed by atoms with Gasteiger partial charge in [-0.3, -0.25) is 9.59 Å². The molecule has 0 spiro atoms. The molecule has 9 heteroatoms. The molecule has 2 heterocycles. The number of hydrogen-bond acceptors (Lipinski definition) is 6. The van der Waals surface area contributed by atoms with Crippen molar-refractivity contribution in [3.8, 4) is 0 Å². The molecule has 0 aliphatic carbocycles. The fraction of sp³-hybridized carbons (Fsp3) is 0.526. The molecule has 28 heavy (non-hydrogen) atoms. The highest BCUT2D eigenvalue weighted by molar-refractivity contribution is 7.90. The Balaban J connectivity index is 1.63. The van der Waals surface area contributed by atoms with Crippen LogP contribution in [0.25, 0.3) is 0 Å². The standard InChI is InChI=1S/C19H25N3O5S/c1-3-13(2)20-17(23)12-27-19(24)14-7-6-10-22(11-14)18-15-8-4-5-9-16(15)28(25,26)21-18/h4-5,8-9,13-14H,3,6-7,10-12H2,1-2H3,(H,20,23)/t13-,14-/m0/s1. The normalized spacial score (nSPS) is 21.4. The molecule has 2 atom stereocenters. The second kappa shape index (κ2) is 8.30. The highest BCUT2D eigenvalue weighted by Gasteiger charge is 2.35. The van der Waals surface area contributed by atoms with E-state index in [0.29, 0.717) is 37.3 Å². The predicted octanol–water partition coefficient (Wildman–Crippen LogP) is 1.31. The zero-order valence-electron chi connectivity index (χ0n) is 16.1. The lowest BCUT2D eigenvalue weighted by Crippen LogP contribution is -2.43. The van der Waals surface area contributed by atoms with E-state index in [9.17, 15) is 18.0 Å². The molecule has 1 N–H and O–H groups in total. The molecule has 152 valence electrons. The summed E-state index contributed by atoms with van der Waals surface area (Å²) in [6, 6.07) is 6.71. The highest BCUT2D eigenvalue weighted by atomic mass is 32.2. The summed E-state index contributed by atoms with van der Waals surface area (Å²) in [5.41, 5.74) is 0.560. The Labute approximate surface area is 165 Å². The van der Waals surface area contributed by atoms with E-state index in [1.807, 2.05) is 18.7 Å². The number of nitrogens with zero attached hydrogens (tertiary/aromatic N) is 2. The molecule has 1 aromatic carbocycles. The second-order valence-electron chi connectivity index (χ2n) is 7.16. The first-order valence-corrected chi connectivity index (χ1v) is 10.9. The lowest BCUT2D eigenvalue weighted by atomic mass is 9.97. The lowest BCUT2D eigenvalue weighted by Gasteiger charge is -2.32. The van der Waals surface area contributed by atoms with Gasteiger partial charge < -0.3 is 15.0 Å². The number of rotatable bonds is 5. The second-order valence-corrected chi connectivity index (χ2v) is 8.73. The number of nitrogens with one attached hydrogen (secondary N) is 1. The first kappa shape index (κ1) is 20.3. The summed E-state index contributed by atoms with van der Waals surface area (Å²) < 4.78 is 33.6. The number of fused-ring (bicyclic) bond motifs is 1. The number of sulfonamides is 1. The molecule has 0 radical (unpaired) electrons. The van der Waals surface area contributed by atoms with Crippen LogP contribution in [0.4, 0.5) is 0 Å². The summed E-state index contributed by atoms with van der Waals surface area (Å²) >= 11 is 0. The Morgan fingerprint density at radius 2 is 2.11 bits per heavy atom. The van der Waals surface area contributed by atoms with Gasteiger partial charge in [-0.1, -0.05) is 19.1 Å². The SMILES string of the molecule is CC[C@H](C)NC(=O)COC(=O)[C@H]1CCCN(C2=NS(=O)(=O)c3ccccc32)C1. The minimum Gasteiger partial charge on any atom is -0.455 e. The number of likely N-dealkylation sites (tertiary alicyclic amines) is 1. The summed E-state index contributed by atoms with van der Waals surface area (Å²) in [5, 5.41) is 2.75. The molecule has 2 aliphatic heterocycles. The van der Waals surface area contributed by atoms with E-state index in [0.717, 1.165) is 6.42 Å². The van der Waals surface area contributed by atoms with Crippen molar-refractivity contribution in [2.45, 2.75) is 44.0 Å². The number of carbonyl (C=O) groups is 2. The molecular formula is C19H25N3O5S. The van der Waals surface area contributed by atoms with Crippen molar-refractivity contribution in [2.24, 2.45) is 10.3 Å². The molecule has 1 saturated heterocycles. The van der Waals surface area contributed by atoms with E-state index in [1.54, 1.807) is 18.2 Å². The van der Waals surface area contributed by atoms with Crippen LogP contribution in [0.5, 0.6) is 0 Å². The number of ether oxygens (including phenoxy) is 1. The largest absolute Gasteiger partial charge is 0.455 e. The molecule has 0 unspecified atom stereocenters. The van der Waals surface area contributed by atoms with Gasteiger partial charge in [0.25, 0.3) is 15.9 Å². The molecule has 3 rings (SSSR count). The third kappa shape index (κ3) is 4.35. The number of hydrogen-bond donors (Lipinski definition) is 1. The van der Waals surface area contributed by atoms with Crippen molar-refractivity contribution in [3.05, 3.63) is 29.8 Å². The minimum atomic E-state index is -3.70. The van der Waals surface area contributed by atoms with Crippen LogP contribution < -0.4 is 5.32 Å². The van der Waals surface area contributed by atoms with Crippen molar-refractivity contribution < 1.29 is 22.7 Å². The van der Waals surface area contributed by atoms with Crippen molar-refractivity contribution in [1.29, 1.82) is 0 Å². The number of piperidine rings is 1. The third-order valence-electron chi connectivity index (χ3n) is 5.03. The maximum atomic E-state index is 12.4. The average molecular weight is 407 g/mol. The number of benzene rings is 1. The van der Waals surface area contributed by atoms with Crippen LogP contribution in [0.2, 0.25) is 0 Å². The fourth-order valence-corrected chi connectivity index (χ4v) is 4.58. The van der Waals surface area contributed by atoms with E-state index in [2.05, 4.69) is 9.71 Å². The van der Waals surface area contributed by atoms with Gasteiger partial charge in [0.2, 0.25) is 0 Å². The number of carbonyl (C=O) groups excluding carboxylic acids is 2. The predicted molar refractivity (Wildman–Crippen MR) is 103 cm³/mol. The zero-order valence-corrected chi connectivity index (χ0v) is 16.9. The molecule has 0 aromatic heterocycles. The molecule has 0 bridgehead atoms. The summed E-state index contributed by atoms with van der Waals surface area (Å²) in [6.07, 6.45) is 2.13. The molecule has 8 nitrogen and oxygen atoms in total. The molecule has 2 aliphatic rings. The Hall–Kier alpha value is -2.42. The minimum absolute atomic E-state index is 0.0266. The summed E-state index contributed by atoms with van der Waals surface area (Å²) in [6.45, 7) is 4.46. The monoisotopic (exact) mass is 407 g/mol. The first-order valence-electron chi connectivity index (χ1n) is 9.47. The maximum absolute atomic E-state index is 12.4. The molecular weight excluding hydrogens is 382 g/mol. The average Bonchev–Trinajstić information content (AvgIpc) is 2.97. The molecule has 1 aromatic rings. The quantitative estimate of drug-likeness (QED) is 0.738. The van der Waals surface area contributed by atoms with Crippen LogP contribution >= 0.6 is 0 Å². The molecule has 0 saturated carbocycles. The topological polar surface area (TPSA) is 105 Å².